The van der Waals surface area contributed by atoms with E-state index in [2.05, 4.69) is 12.2 Å². The van der Waals surface area contributed by atoms with Crippen molar-refractivity contribution in [2.24, 2.45) is 7.05 Å². The molecule has 100 valence electrons. The molecule has 5 heteroatoms. The molecule has 0 radical (unpaired) electrons. The van der Waals surface area contributed by atoms with Gasteiger partial charge >= 0.3 is 0 Å². The molecule has 1 N–H and O–H groups in total. The van der Waals surface area contributed by atoms with Gasteiger partial charge in [0.25, 0.3) is 5.91 Å². The molecule has 0 unspecified atom stereocenters. The average Bonchev–Trinajstić information content (AvgIpc) is 2.95. The van der Waals surface area contributed by atoms with Gasteiger partial charge in [0.2, 0.25) is 0 Å². The highest BCUT2D eigenvalue weighted by atomic mass is 35.5. The van der Waals surface area contributed by atoms with Crippen LogP contribution < -0.4 is 5.32 Å². The Kier molecular flexibility index (Phi) is 4.30. The number of rotatable bonds is 4. The van der Waals surface area contributed by atoms with Crippen molar-refractivity contribution in [3.05, 3.63) is 23.0 Å². The summed E-state index contributed by atoms with van der Waals surface area (Å²) in [6, 6.07) is 2.06. The van der Waals surface area contributed by atoms with Gasteiger partial charge in [-0.3, -0.25) is 4.79 Å². The minimum absolute atomic E-state index is 0.0833. The number of nitrogens with zero attached hydrogens (tertiary/aromatic N) is 2. The van der Waals surface area contributed by atoms with Gasteiger partial charge in [-0.15, -0.1) is 0 Å². The van der Waals surface area contributed by atoms with E-state index in [-0.39, 0.29) is 5.91 Å². The van der Waals surface area contributed by atoms with Crippen LogP contribution in [0.1, 0.15) is 30.3 Å². The van der Waals surface area contributed by atoms with Gasteiger partial charge in [0.05, 0.1) is 5.02 Å². The van der Waals surface area contributed by atoms with Gasteiger partial charge in [0, 0.05) is 32.4 Å². The number of hydrogen-bond donors (Lipinski definition) is 1. The molecule has 4 nitrogen and oxygen atoms in total. The smallest absolute Gasteiger partial charge is 0.270 e. The van der Waals surface area contributed by atoms with Crippen molar-refractivity contribution in [2.75, 3.05) is 19.6 Å². The monoisotopic (exact) mass is 269 g/mol. The van der Waals surface area contributed by atoms with Crippen molar-refractivity contribution in [3.63, 3.8) is 0 Å². The number of aromatic nitrogens is 1. The molecule has 2 rings (SSSR count). The van der Waals surface area contributed by atoms with Gasteiger partial charge in [0.1, 0.15) is 5.69 Å². The maximum atomic E-state index is 12.6. The molecule has 1 fully saturated rings. The average molecular weight is 270 g/mol. The molecule has 2 heterocycles. The lowest BCUT2D eigenvalue weighted by atomic mass is 10.2. The second-order valence-corrected chi connectivity index (χ2v) is 5.24. The predicted molar refractivity (Wildman–Crippen MR) is 73.0 cm³/mol. The lowest BCUT2D eigenvalue weighted by molar-refractivity contribution is 0.0682. The molecule has 18 heavy (non-hydrogen) atoms. The summed E-state index contributed by atoms with van der Waals surface area (Å²) in [5.74, 6) is 0.0833. The molecule has 1 aliphatic heterocycles. The fraction of sp³-hybridized carbons (Fsp3) is 0.615. The number of aryl methyl sites for hydroxylation is 1. The lowest BCUT2D eigenvalue weighted by Crippen LogP contribution is -2.42. The van der Waals surface area contributed by atoms with E-state index in [0.29, 0.717) is 16.8 Å². The van der Waals surface area contributed by atoms with E-state index in [1.807, 2.05) is 11.9 Å². The van der Waals surface area contributed by atoms with E-state index in [4.69, 9.17) is 11.6 Å². The molecule has 1 aliphatic rings. The fourth-order valence-electron chi connectivity index (χ4n) is 2.48. The molecular formula is C13H20ClN3O. The predicted octanol–water partition coefficient (Wildman–Crippen LogP) is 1.89. The summed E-state index contributed by atoms with van der Waals surface area (Å²) < 4.78 is 1.80. The van der Waals surface area contributed by atoms with Crippen molar-refractivity contribution in [1.82, 2.24) is 14.8 Å². The van der Waals surface area contributed by atoms with Crippen LogP contribution in [0.2, 0.25) is 5.02 Å². The molecule has 0 saturated carbocycles. The Morgan fingerprint density at radius 2 is 2.44 bits per heavy atom. The second-order valence-electron chi connectivity index (χ2n) is 4.80. The Morgan fingerprint density at radius 3 is 2.94 bits per heavy atom. The molecule has 1 aromatic heterocycles. The largest absolute Gasteiger partial charge is 0.345 e. The Morgan fingerprint density at radius 1 is 1.67 bits per heavy atom. The summed E-state index contributed by atoms with van der Waals surface area (Å²) in [4.78, 5) is 14.6. The zero-order valence-corrected chi connectivity index (χ0v) is 11.7. The van der Waals surface area contributed by atoms with Crippen molar-refractivity contribution in [1.29, 1.82) is 0 Å². The molecule has 0 aliphatic carbocycles. The van der Waals surface area contributed by atoms with E-state index in [9.17, 15) is 4.79 Å². The maximum absolute atomic E-state index is 12.6. The lowest BCUT2D eigenvalue weighted by Gasteiger charge is -2.28. The Hall–Kier alpha value is -1.00. The van der Waals surface area contributed by atoms with Gasteiger partial charge in [-0.2, -0.15) is 0 Å². The highest BCUT2D eigenvalue weighted by Crippen LogP contribution is 2.18. The van der Waals surface area contributed by atoms with Crippen molar-refractivity contribution in [2.45, 2.75) is 25.8 Å². The summed E-state index contributed by atoms with van der Waals surface area (Å²) in [5, 5.41) is 3.92. The first-order valence-electron chi connectivity index (χ1n) is 6.47. The summed E-state index contributed by atoms with van der Waals surface area (Å²) >= 11 is 5.95. The van der Waals surface area contributed by atoms with Crippen LogP contribution in [0.5, 0.6) is 0 Å². The number of hydrogen-bond acceptors (Lipinski definition) is 2. The van der Waals surface area contributed by atoms with Crippen LogP contribution in [0.25, 0.3) is 0 Å². The SMILES string of the molecule is CCCN(C(=O)c1cc(Cl)cn1C)[C@@H]1CCNC1. The van der Waals surface area contributed by atoms with Crippen LogP contribution in [0.4, 0.5) is 0 Å². The standard InChI is InChI=1S/C13H20ClN3O/c1-3-6-17(11-4-5-15-8-11)13(18)12-7-10(14)9-16(12)2/h7,9,11,15H,3-6,8H2,1-2H3/t11-/m1/s1. The van der Waals surface area contributed by atoms with E-state index < -0.39 is 0 Å². The van der Waals surface area contributed by atoms with Gasteiger partial charge in [-0.1, -0.05) is 18.5 Å². The van der Waals surface area contributed by atoms with Crippen molar-refractivity contribution >= 4 is 17.5 Å². The molecule has 0 spiro atoms. The van der Waals surface area contributed by atoms with Crippen molar-refractivity contribution in [3.8, 4) is 0 Å². The highest BCUT2D eigenvalue weighted by molar-refractivity contribution is 6.31. The third-order valence-electron chi connectivity index (χ3n) is 3.39. The number of nitrogens with one attached hydrogen (secondary N) is 1. The van der Waals surface area contributed by atoms with Crippen molar-refractivity contribution < 1.29 is 4.79 Å². The van der Waals surface area contributed by atoms with E-state index in [1.165, 1.54) is 0 Å². The summed E-state index contributed by atoms with van der Waals surface area (Å²) in [6.45, 7) is 4.78. The van der Waals surface area contributed by atoms with E-state index in [0.717, 1.165) is 32.5 Å². The second kappa shape index (κ2) is 5.76. The molecular weight excluding hydrogens is 250 g/mol. The number of carbonyl (C=O) groups is 1. The Labute approximate surface area is 113 Å². The molecule has 1 amide bonds. The quantitative estimate of drug-likeness (QED) is 0.906. The first kappa shape index (κ1) is 13.4. The number of amides is 1. The van der Waals surface area contributed by atoms with E-state index >= 15 is 0 Å². The van der Waals surface area contributed by atoms with Crippen LogP contribution in [0.15, 0.2) is 12.3 Å². The molecule has 0 bridgehead atoms. The molecule has 1 saturated heterocycles. The summed E-state index contributed by atoms with van der Waals surface area (Å²) in [7, 11) is 1.86. The van der Waals surface area contributed by atoms with Gasteiger partial charge in [-0.05, 0) is 25.5 Å². The zero-order valence-electron chi connectivity index (χ0n) is 10.9. The Balaban J connectivity index is 2.19. The van der Waals surface area contributed by atoms with Gasteiger partial charge in [0.15, 0.2) is 0 Å². The summed E-state index contributed by atoms with van der Waals surface area (Å²) in [6.07, 6.45) is 3.77. The topological polar surface area (TPSA) is 37.3 Å². The summed E-state index contributed by atoms with van der Waals surface area (Å²) in [5.41, 5.74) is 0.667. The number of carbonyl (C=O) groups excluding carboxylic acids is 1. The van der Waals surface area contributed by atoms with Gasteiger partial charge in [-0.25, -0.2) is 0 Å². The van der Waals surface area contributed by atoms with Crippen LogP contribution in [-0.4, -0.2) is 41.1 Å². The molecule has 0 aromatic carbocycles. The van der Waals surface area contributed by atoms with Crippen LogP contribution in [0.3, 0.4) is 0 Å². The third kappa shape index (κ3) is 2.70. The fourth-order valence-corrected chi connectivity index (χ4v) is 2.73. The number of halogens is 1. The maximum Gasteiger partial charge on any atom is 0.270 e. The van der Waals surface area contributed by atoms with Gasteiger partial charge < -0.3 is 14.8 Å². The highest BCUT2D eigenvalue weighted by Gasteiger charge is 2.27. The normalized spacial score (nSPS) is 19.2. The van der Waals surface area contributed by atoms with Crippen LogP contribution >= 0.6 is 11.6 Å². The van der Waals surface area contributed by atoms with Crippen LogP contribution in [0, 0.1) is 0 Å². The first-order chi connectivity index (χ1) is 8.63. The Bertz CT molecular complexity index is 424. The molecule has 1 atom stereocenters. The minimum atomic E-state index is 0.0833. The first-order valence-corrected chi connectivity index (χ1v) is 6.84. The van der Waals surface area contributed by atoms with E-state index in [1.54, 1.807) is 16.8 Å². The minimum Gasteiger partial charge on any atom is -0.345 e. The molecule has 1 aromatic rings. The zero-order chi connectivity index (χ0) is 13.1. The van der Waals surface area contributed by atoms with Crippen LogP contribution in [-0.2, 0) is 7.05 Å². The third-order valence-corrected chi connectivity index (χ3v) is 3.60.